The summed E-state index contributed by atoms with van der Waals surface area (Å²) in [5, 5.41) is 0. The van der Waals surface area contributed by atoms with Gasteiger partial charge >= 0.3 is 5.97 Å². The normalized spacial score (nSPS) is 18.3. The quantitative estimate of drug-likeness (QED) is 0.766. The van der Waals surface area contributed by atoms with Crippen molar-refractivity contribution in [1.29, 1.82) is 0 Å². The Hall–Kier alpha value is -1.38. The maximum Gasteiger partial charge on any atom is 0.309 e. The molecular weight excluding hydrogens is 226 g/mol. The summed E-state index contributed by atoms with van der Waals surface area (Å²) in [5.74, 6) is 0.0850. The highest BCUT2D eigenvalue weighted by atomic mass is 16.5. The van der Waals surface area contributed by atoms with Gasteiger partial charge in [-0.3, -0.25) is 9.78 Å². The molecule has 3 heteroatoms. The fourth-order valence-corrected chi connectivity index (χ4v) is 2.61. The van der Waals surface area contributed by atoms with Crippen LogP contribution in [0.2, 0.25) is 0 Å². The smallest absolute Gasteiger partial charge is 0.309 e. The lowest BCUT2D eigenvalue weighted by Crippen LogP contribution is -2.21. The molecule has 1 heterocycles. The second-order valence-corrected chi connectivity index (χ2v) is 5.15. The van der Waals surface area contributed by atoms with Gasteiger partial charge in [-0.1, -0.05) is 19.3 Å². The van der Waals surface area contributed by atoms with Crippen molar-refractivity contribution < 1.29 is 9.53 Å². The van der Waals surface area contributed by atoms with Gasteiger partial charge in [-0.25, -0.2) is 0 Å². The number of rotatable bonds is 3. The predicted molar refractivity (Wildman–Crippen MR) is 70.1 cm³/mol. The first-order valence-electron chi connectivity index (χ1n) is 6.79. The molecule has 2 rings (SSSR count). The summed E-state index contributed by atoms with van der Waals surface area (Å²) in [6.07, 6.45) is 8.91. The highest BCUT2D eigenvalue weighted by molar-refractivity contribution is 5.72. The molecule has 1 unspecified atom stereocenters. The van der Waals surface area contributed by atoms with Crippen LogP contribution in [0, 0.1) is 12.8 Å². The van der Waals surface area contributed by atoms with Crippen molar-refractivity contribution in [3.8, 4) is 0 Å². The average Bonchev–Trinajstić information content (AvgIpc) is 2.40. The lowest BCUT2D eigenvalue weighted by Gasteiger charge is -2.23. The summed E-state index contributed by atoms with van der Waals surface area (Å²) >= 11 is 0. The third kappa shape index (κ3) is 3.09. The van der Waals surface area contributed by atoms with E-state index in [4.69, 9.17) is 4.74 Å². The van der Waals surface area contributed by atoms with Crippen LogP contribution in [-0.2, 0) is 9.53 Å². The molecule has 0 aromatic carbocycles. The fourth-order valence-electron chi connectivity index (χ4n) is 2.61. The van der Waals surface area contributed by atoms with Crippen LogP contribution >= 0.6 is 0 Å². The van der Waals surface area contributed by atoms with E-state index >= 15 is 0 Å². The lowest BCUT2D eigenvalue weighted by atomic mass is 9.89. The van der Waals surface area contributed by atoms with E-state index in [0.717, 1.165) is 36.8 Å². The summed E-state index contributed by atoms with van der Waals surface area (Å²) in [4.78, 5) is 16.1. The SMILES string of the molecule is Cc1cnccc1C(C)OC(=O)C1CCCCC1. The largest absolute Gasteiger partial charge is 0.458 e. The van der Waals surface area contributed by atoms with Crippen LogP contribution in [0.15, 0.2) is 18.5 Å². The van der Waals surface area contributed by atoms with Gasteiger partial charge in [0.15, 0.2) is 0 Å². The predicted octanol–water partition coefficient (Wildman–Crippen LogP) is 3.57. The molecule has 18 heavy (non-hydrogen) atoms. The maximum atomic E-state index is 12.1. The number of aromatic nitrogens is 1. The molecule has 98 valence electrons. The molecule has 1 aliphatic rings. The van der Waals surface area contributed by atoms with Gasteiger partial charge in [-0.15, -0.1) is 0 Å². The Morgan fingerprint density at radius 3 is 2.78 bits per heavy atom. The number of hydrogen-bond donors (Lipinski definition) is 0. The van der Waals surface area contributed by atoms with Gasteiger partial charge in [0.05, 0.1) is 5.92 Å². The number of ether oxygens (including phenoxy) is 1. The van der Waals surface area contributed by atoms with Crippen molar-refractivity contribution in [3.05, 3.63) is 29.6 Å². The minimum Gasteiger partial charge on any atom is -0.458 e. The summed E-state index contributed by atoms with van der Waals surface area (Å²) in [7, 11) is 0. The molecule has 1 aromatic heterocycles. The minimum absolute atomic E-state index is 0.0292. The molecule has 0 N–H and O–H groups in total. The van der Waals surface area contributed by atoms with Gasteiger partial charge in [0.1, 0.15) is 6.10 Å². The molecular formula is C15H21NO2. The van der Waals surface area contributed by atoms with E-state index in [9.17, 15) is 4.79 Å². The Morgan fingerprint density at radius 2 is 2.11 bits per heavy atom. The Bertz CT molecular complexity index is 411. The van der Waals surface area contributed by atoms with Crippen LogP contribution in [0.1, 0.15) is 56.3 Å². The first-order valence-corrected chi connectivity index (χ1v) is 6.79. The van der Waals surface area contributed by atoms with Crippen LogP contribution in [0.4, 0.5) is 0 Å². The fraction of sp³-hybridized carbons (Fsp3) is 0.600. The van der Waals surface area contributed by atoms with E-state index in [0.29, 0.717) is 0 Å². The summed E-state index contributed by atoms with van der Waals surface area (Å²) in [5.41, 5.74) is 2.12. The van der Waals surface area contributed by atoms with Gasteiger partial charge in [0, 0.05) is 12.4 Å². The van der Waals surface area contributed by atoms with Crippen molar-refractivity contribution in [1.82, 2.24) is 4.98 Å². The molecule has 0 spiro atoms. The van der Waals surface area contributed by atoms with Gasteiger partial charge in [0.2, 0.25) is 0 Å². The third-order valence-corrected chi connectivity index (χ3v) is 3.73. The summed E-state index contributed by atoms with van der Waals surface area (Å²) in [6.45, 7) is 3.93. The van der Waals surface area contributed by atoms with Crippen molar-refractivity contribution in [2.24, 2.45) is 5.92 Å². The Morgan fingerprint density at radius 1 is 1.39 bits per heavy atom. The van der Waals surface area contributed by atoms with Crippen molar-refractivity contribution in [3.63, 3.8) is 0 Å². The molecule has 3 nitrogen and oxygen atoms in total. The second kappa shape index (κ2) is 5.98. The topological polar surface area (TPSA) is 39.2 Å². The number of hydrogen-bond acceptors (Lipinski definition) is 3. The third-order valence-electron chi connectivity index (χ3n) is 3.73. The second-order valence-electron chi connectivity index (χ2n) is 5.15. The van der Waals surface area contributed by atoms with Crippen LogP contribution in [0.3, 0.4) is 0 Å². The molecule has 1 aliphatic carbocycles. The number of pyridine rings is 1. The standard InChI is InChI=1S/C15H21NO2/c1-11-10-16-9-8-14(11)12(2)18-15(17)13-6-4-3-5-7-13/h8-10,12-13H,3-7H2,1-2H3. The minimum atomic E-state index is -0.178. The van der Waals surface area contributed by atoms with Crippen molar-refractivity contribution in [2.45, 2.75) is 52.1 Å². The van der Waals surface area contributed by atoms with Gasteiger partial charge in [-0.05, 0) is 43.9 Å². The number of esters is 1. The Labute approximate surface area is 109 Å². The molecule has 1 atom stereocenters. The molecule has 1 aromatic rings. The zero-order chi connectivity index (χ0) is 13.0. The Kier molecular flexibility index (Phi) is 4.34. The average molecular weight is 247 g/mol. The van der Waals surface area contributed by atoms with E-state index in [1.165, 1.54) is 6.42 Å². The summed E-state index contributed by atoms with van der Waals surface area (Å²) in [6, 6.07) is 1.92. The molecule has 0 radical (unpaired) electrons. The highest BCUT2D eigenvalue weighted by Gasteiger charge is 2.24. The van der Waals surface area contributed by atoms with Gasteiger partial charge < -0.3 is 4.74 Å². The number of carbonyl (C=O) groups is 1. The molecule has 0 aliphatic heterocycles. The molecule has 0 amide bonds. The van der Waals surface area contributed by atoms with Crippen molar-refractivity contribution in [2.75, 3.05) is 0 Å². The zero-order valence-corrected chi connectivity index (χ0v) is 11.2. The van der Waals surface area contributed by atoms with Crippen LogP contribution in [0.25, 0.3) is 0 Å². The number of nitrogens with zero attached hydrogens (tertiary/aromatic N) is 1. The summed E-state index contributed by atoms with van der Waals surface area (Å²) < 4.78 is 5.59. The van der Waals surface area contributed by atoms with E-state index in [1.807, 2.05) is 19.9 Å². The molecule has 0 bridgehead atoms. The van der Waals surface area contributed by atoms with E-state index in [2.05, 4.69) is 4.98 Å². The number of carbonyl (C=O) groups excluding carboxylic acids is 1. The van der Waals surface area contributed by atoms with E-state index in [1.54, 1.807) is 12.4 Å². The van der Waals surface area contributed by atoms with Crippen LogP contribution < -0.4 is 0 Å². The van der Waals surface area contributed by atoms with E-state index in [-0.39, 0.29) is 18.0 Å². The first kappa shape index (κ1) is 13.1. The Balaban J connectivity index is 1.96. The molecule has 1 saturated carbocycles. The molecule has 1 fully saturated rings. The highest BCUT2D eigenvalue weighted by Crippen LogP contribution is 2.27. The van der Waals surface area contributed by atoms with E-state index < -0.39 is 0 Å². The number of aryl methyl sites for hydroxylation is 1. The lowest BCUT2D eigenvalue weighted by molar-refractivity contribution is -0.154. The zero-order valence-electron chi connectivity index (χ0n) is 11.2. The van der Waals surface area contributed by atoms with Crippen LogP contribution in [0.5, 0.6) is 0 Å². The monoisotopic (exact) mass is 247 g/mol. The van der Waals surface area contributed by atoms with Gasteiger partial charge in [-0.2, -0.15) is 0 Å². The first-order chi connectivity index (χ1) is 8.68. The maximum absolute atomic E-state index is 12.1. The van der Waals surface area contributed by atoms with Gasteiger partial charge in [0.25, 0.3) is 0 Å². The van der Waals surface area contributed by atoms with Crippen molar-refractivity contribution >= 4 is 5.97 Å². The molecule has 0 saturated heterocycles. The van der Waals surface area contributed by atoms with Crippen LogP contribution in [-0.4, -0.2) is 11.0 Å².